The lowest BCUT2D eigenvalue weighted by molar-refractivity contribution is -0.140. The van der Waals surface area contributed by atoms with Crippen LogP contribution in [0, 0.1) is 12.7 Å². The van der Waals surface area contributed by atoms with Gasteiger partial charge in [0, 0.05) is 4.47 Å². The standard InChI is InChI=1S/C15H12BrF4N/c1-8-6-10(16)3-4-11(8)14(21)9-2-5-13(17)12(7-9)15(18,19)20/h2-7,14H,21H2,1H3. The molecule has 2 N–H and O–H groups in total. The Hall–Kier alpha value is -1.40. The van der Waals surface area contributed by atoms with Crippen LogP contribution in [0.4, 0.5) is 17.6 Å². The molecule has 1 unspecified atom stereocenters. The van der Waals surface area contributed by atoms with Crippen LogP contribution in [-0.4, -0.2) is 0 Å². The third-order valence-electron chi connectivity index (χ3n) is 3.22. The van der Waals surface area contributed by atoms with E-state index < -0.39 is 23.6 Å². The smallest absolute Gasteiger partial charge is 0.320 e. The van der Waals surface area contributed by atoms with E-state index in [0.29, 0.717) is 5.56 Å². The van der Waals surface area contributed by atoms with Crippen molar-refractivity contribution in [2.45, 2.75) is 19.1 Å². The van der Waals surface area contributed by atoms with Crippen LogP contribution in [0.1, 0.15) is 28.3 Å². The minimum absolute atomic E-state index is 0.217. The van der Waals surface area contributed by atoms with Crippen LogP contribution >= 0.6 is 15.9 Å². The summed E-state index contributed by atoms with van der Waals surface area (Å²) >= 11 is 3.31. The quantitative estimate of drug-likeness (QED) is 0.751. The van der Waals surface area contributed by atoms with E-state index in [1.54, 1.807) is 12.1 Å². The zero-order valence-corrected chi connectivity index (χ0v) is 12.6. The molecular formula is C15H12BrF4N. The van der Waals surface area contributed by atoms with E-state index in [9.17, 15) is 17.6 Å². The predicted octanol–water partition coefficient (Wildman–Crippen LogP) is 4.96. The molecule has 0 bridgehead atoms. The van der Waals surface area contributed by atoms with Crippen LogP contribution in [0.5, 0.6) is 0 Å². The first-order valence-corrected chi connectivity index (χ1v) is 6.87. The molecule has 0 amide bonds. The normalized spacial score (nSPS) is 13.3. The number of benzene rings is 2. The van der Waals surface area contributed by atoms with Gasteiger partial charge in [-0.05, 0) is 47.9 Å². The second-order valence-corrected chi connectivity index (χ2v) is 5.63. The highest BCUT2D eigenvalue weighted by Gasteiger charge is 2.34. The fraction of sp³-hybridized carbons (Fsp3) is 0.200. The van der Waals surface area contributed by atoms with E-state index in [2.05, 4.69) is 15.9 Å². The van der Waals surface area contributed by atoms with Gasteiger partial charge in [-0.2, -0.15) is 13.2 Å². The maximum Gasteiger partial charge on any atom is 0.419 e. The molecule has 2 rings (SSSR count). The van der Waals surface area contributed by atoms with Gasteiger partial charge < -0.3 is 5.73 Å². The first-order chi connectivity index (χ1) is 9.70. The summed E-state index contributed by atoms with van der Waals surface area (Å²) < 4.78 is 52.4. The van der Waals surface area contributed by atoms with Crippen LogP contribution in [0.25, 0.3) is 0 Å². The molecule has 0 spiro atoms. The zero-order valence-electron chi connectivity index (χ0n) is 11.0. The molecule has 2 aromatic carbocycles. The molecule has 1 atom stereocenters. The molecule has 0 radical (unpaired) electrons. The van der Waals surface area contributed by atoms with Gasteiger partial charge in [-0.1, -0.05) is 28.1 Å². The van der Waals surface area contributed by atoms with Crippen LogP contribution in [0.2, 0.25) is 0 Å². The number of hydrogen-bond acceptors (Lipinski definition) is 1. The Balaban J connectivity index is 2.46. The van der Waals surface area contributed by atoms with Crippen molar-refractivity contribution in [2.75, 3.05) is 0 Å². The van der Waals surface area contributed by atoms with Gasteiger partial charge in [-0.15, -0.1) is 0 Å². The third kappa shape index (κ3) is 3.44. The number of rotatable bonds is 2. The largest absolute Gasteiger partial charge is 0.419 e. The molecule has 0 aliphatic carbocycles. The van der Waals surface area contributed by atoms with E-state index >= 15 is 0 Å². The molecule has 112 valence electrons. The molecular weight excluding hydrogens is 350 g/mol. The van der Waals surface area contributed by atoms with Crippen molar-refractivity contribution in [3.8, 4) is 0 Å². The number of halogens is 5. The molecule has 2 aromatic rings. The van der Waals surface area contributed by atoms with Crippen LogP contribution in [0.15, 0.2) is 40.9 Å². The monoisotopic (exact) mass is 361 g/mol. The Morgan fingerprint density at radius 1 is 1.10 bits per heavy atom. The average molecular weight is 362 g/mol. The highest BCUT2D eigenvalue weighted by molar-refractivity contribution is 9.10. The molecule has 0 saturated carbocycles. The molecule has 1 nitrogen and oxygen atoms in total. The SMILES string of the molecule is Cc1cc(Br)ccc1C(N)c1ccc(F)c(C(F)(F)F)c1. The van der Waals surface area contributed by atoms with Crippen molar-refractivity contribution in [1.82, 2.24) is 0 Å². The topological polar surface area (TPSA) is 26.0 Å². The van der Waals surface area contributed by atoms with Crippen molar-refractivity contribution < 1.29 is 17.6 Å². The molecule has 6 heteroatoms. The molecule has 0 fully saturated rings. The van der Waals surface area contributed by atoms with Crippen molar-refractivity contribution in [2.24, 2.45) is 5.73 Å². The second kappa shape index (κ2) is 5.77. The number of alkyl halides is 3. The Kier molecular flexibility index (Phi) is 4.39. The van der Waals surface area contributed by atoms with Crippen LogP contribution in [-0.2, 0) is 6.18 Å². The van der Waals surface area contributed by atoms with Crippen molar-refractivity contribution >= 4 is 15.9 Å². The number of hydrogen-bond donors (Lipinski definition) is 1. The molecule has 0 aromatic heterocycles. The highest BCUT2D eigenvalue weighted by Crippen LogP contribution is 2.34. The second-order valence-electron chi connectivity index (χ2n) is 4.72. The van der Waals surface area contributed by atoms with Gasteiger partial charge in [0.15, 0.2) is 0 Å². The maximum absolute atomic E-state index is 13.3. The first-order valence-electron chi connectivity index (χ1n) is 6.08. The molecule has 0 heterocycles. The van der Waals surface area contributed by atoms with Gasteiger partial charge in [-0.25, -0.2) is 4.39 Å². The number of aryl methyl sites for hydroxylation is 1. The lowest BCUT2D eigenvalue weighted by Gasteiger charge is -2.17. The summed E-state index contributed by atoms with van der Waals surface area (Å²) in [6.45, 7) is 1.81. The fourth-order valence-corrected chi connectivity index (χ4v) is 2.60. The Morgan fingerprint density at radius 2 is 1.76 bits per heavy atom. The summed E-state index contributed by atoms with van der Waals surface area (Å²) in [5.74, 6) is -1.30. The van der Waals surface area contributed by atoms with Crippen molar-refractivity contribution in [3.05, 3.63) is 68.9 Å². The van der Waals surface area contributed by atoms with Gasteiger partial charge in [-0.3, -0.25) is 0 Å². The lowest BCUT2D eigenvalue weighted by Crippen LogP contribution is -2.16. The summed E-state index contributed by atoms with van der Waals surface area (Å²) in [5, 5.41) is 0. The Labute approximate surface area is 127 Å². The first kappa shape index (κ1) is 16.0. The highest BCUT2D eigenvalue weighted by atomic mass is 79.9. The van der Waals surface area contributed by atoms with E-state index in [1.165, 1.54) is 6.07 Å². The van der Waals surface area contributed by atoms with Gasteiger partial charge in [0.1, 0.15) is 5.82 Å². The van der Waals surface area contributed by atoms with Gasteiger partial charge in [0.2, 0.25) is 0 Å². The average Bonchev–Trinajstić information content (AvgIpc) is 2.37. The minimum Gasteiger partial charge on any atom is -0.320 e. The van der Waals surface area contributed by atoms with Crippen LogP contribution in [0.3, 0.4) is 0 Å². The van der Waals surface area contributed by atoms with Gasteiger partial charge in [0.05, 0.1) is 11.6 Å². The third-order valence-corrected chi connectivity index (χ3v) is 3.72. The predicted molar refractivity (Wildman–Crippen MR) is 76.3 cm³/mol. The van der Waals surface area contributed by atoms with Crippen molar-refractivity contribution in [3.63, 3.8) is 0 Å². The Bertz CT molecular complexity index is 667. The van der Waals surface area contributed by atoms with E-state index in [0.717, 1.165) is 22.2 Å². The van der Waals surface area contributed by atoms with Gasteiger partial charge >= 0.3 is 6.18 Å². The van der Waals surface area contributed by atoms with Crippen LogP contribution < -0.4 is 5.73 Å². The van der Waals surface area contributed by atoms with Gasteiger partial charge in [0.25, 0.3) is 0 Å². The van der Waals surface area contributed by atoms with E-state index in [1.807, 2.05) is 13.0 Å². The van der Waals surface area contributed by atoms with E-state index in [-0.39, 0.29) is 5.56 Å². The summed E-state index contributed by atoms with van der Waals surface area (Å²) in [6, 6.07) is 7.41. The van der Waals surface area contributed by atoms with Crippen molar-refractivity contribution in [1.29, 1.82) is 0 Å². The maximum atomic E-state index is 13.3. The summed E-state index contributed by atoms with van der Waals surface area (Å²) in [4.78, 5) is 0. The molecule has 21 heavy (non-hydrogen) atoms. The fourth-order valence-electron chi connectivity index (χ4n) is 2.12. The van der Waals surface area contributed by atoms with E-state index in [4.69, 9.17) is 5.73 Å². The molecule has 0 aliphatic rings. The molecule has 0 saturated heterocycles. The number of nitrogens with two attached hydrogens (primary N) is 1. The minimum atomic E-state index is -4.74. The summed E-state index contributed by atoms with van der Waals surface area (Å²) in [7, 11) is 0. The lowest BCUT2D eigenvalue weighted by atomic mass is 9.94. The Morgan fingerprint density at radius 3 is 2.33 bits per heavy atom. The summed E-state index contributed by atoms with van der Waals surface area (Å²) in [6.07, 6.45) is -4.74. The molecule has 0 aliphatic heterocycles. The summed E-state index contributed by atoms with van der Waals surface area (Å²) in [5.41, 5.74) is 6.48. The zero-order chi connectivity index (χ0) is 15.8.